The molecule has 0 saturated carbocycles. The van der Waals surface area contributed by atoms with E-state index in [-0.39, 0.29) is 38.6 Å². The van der Waals surface area contributed by atoms with Crippen LogP contribution >= 0.6 is 11.3 Å². The molecular weight excluding hydrogens is 472 g/mol. The van der Waals surface area contributed by atoms with Crippen molar-refractivity contribution in [1.29, 1.82) is 0 Å². The number of rotatable bonds is 7. The number of carbonyl (C=O) groups is 3. The molecule has 0 bridgehead atoms. The molecule has 0 spiro atoms. The molecule has 0 unspecified atom stereocenters. The average molecular weight is 486 g/mol. The van der Waals surface area contributed by atoms with Crippen LogP contribution in [0.15, 0.2) is 22.6 Å². The van der Waals surface area contributed by atoms with Crippen LogP contribution in [0.25, 0.3) is 0 Å². The number of primary amides is 1. The highest BCUT2D eigenvalue weighted by Gasteiger charge is 2.26. The van der Waals surface area contributed by atoms with Crippen LogP contribution in [0, 0.1) is 30.2 Å². The van der Waals surface area contributed by atoms with Gasteiger partial charge < -0.3 is 24.9 Å². The van der Waals surface area contributed by atoms with Crippen LogP contribution in [0.2, 0.25) is 0 Å². The molecule has 0 radical (unpaired) electrons. The predicted octanol–water partition coefficient (Wildman–Crippen LogP) is 3.92. The van der Waals surface area contributed by atoms with Crippen LogP contribution in [-0.2, 0) is 11.3 Å². The summed E-state index contributed by atoms with van der Waals surface area (Å²) >= 11 is 0.753. The van der Waals surface area contributed by atoms with E-state index in [4.69, 9.17) is 14.9 Å². The Morgan fingerprint density at radius 2 is 1.76 bits per heavy atom. The number of halogens is 4. The predicted molar refractivity (Wildman–Crippen MR) is 106 cm³/mol. The van der Waals surface area contributed by atoms with Crippen molar-refractivity contribution in [3.63, 3.8) is 0 Å². The van der Waals surface area contributed by atoms with Gasteiger partial charge in [-0.05, 0) is 24.6 Å². The molecular formula is C20H14F4N2O6S. The van der Waals surface area contributed by atoms with E-state index in [1.165, 1.54) is 19.1 Å². The molecule has 2 amide bonds. The molecule has 174 valence electrons. The molecule has 0 atom stereocenters. The highest BCUT2D eigenvalue weighted by atomic mass is 32.1. The number of methoxy groups -OCH3 is 1. The molecule has 33 heavy (non-hydrogen) atoms. The smallest absolute Gasteiger partial charge is 0.341 e. The normalized spacial score (nSPS) is 10.7. The number of anilines is 1. The van der Waals surface area contributed by atoms with Gasteiger partial charge in [0.1, 0.15) is 17.4 Å². The first-order valence-electron chi connectivity index (χ1n) is 8.92. The molecule has 0 aliphatic carbocycles. The highest BCUT2D eigenvalue weighted by Crippen LogP contribution is 2.34. The summed E-state index contributed by atoms with van der Waals surface area (Å²) in [7, 11) is 1.12. The number of benzene rings is 1. The zero-order chi connectivity index (χ0) is 24.4. The van der Waals surface area contributed by atoms with Crippen molar-refractivity contribution in [2.45, 2.75) is 13.5 Å². The summed E-state index contributed by atoms with van der Waals surface area (Å²) in [6.45, 7) is 0.787. The topological polar surface area (TPSA) is 121 Å². The number of hydrogen-bond donors (Lipinski definition) is 2. The zero-order valence-corrected chi connectivity index (χ0v) is 17.7. The van der Waals surface area contributed by atoms with Crippen molar-refractivity contribution in [2.75, 3.05) is 12.4 Å². The first-order valence-corrected chi connectivity index (χ1v) is 9.74. The summed E-state index contributed by atoms with van der Waals surface area (Å²) < 4.78 is 68.5. The number of nitrogens with one attached hydrogen (secondary N) is 1. The van der Waals surface area contributed by atoms with Crippen LogP contribution in [0.3, 0.4) is 0 Å². The lowest BCUT2D eigenvalue weighted by atomic mass is 10.1. The fourth-order valence-corrected chi connectivity index (χ4v) is 3.79. The molecule has 2 heterocycles. The van der Waals surface area contributed by atoms with Gasteiger partial charge in [-0.3, -0.25) is 9.59 Å². The number of ether oxygens (including phenoxy) is 2. The van der Waals surface area contributed by atoms with E-state index in [0.29, 0.717) is 0 Å². The van der Waals surface area contributed by atoms with E-state index in [0.717, 1.165) is 18.4 Å². The van der Waals surface area contributed by atoms with Crippen LogP contribution in [-0.4, -0.2) is 24.9 Å². The number of esters is 1. The summed E-state index contributed by atoms with van der Waals surface area (Å²) in [4.78, 5) is 36.2. The first kappa shape index (κ1) is 23.8. The number of furan rings is 1. The third-order valence-corrected chi connectivity index (χ3v) is 5.52. The van der Waals surface area contributed by atoms with Crippen molar-refractivity contribution in [1.82, 2.24) is 0 Å². The third kappa shape index (κ3) is 4.67. The SMILES string of the molecule is COC(=O)c1c(NC(=O)c2ccc(COc3c(F)c(F)cc(F)c3F)o2)sc(C(N)=O)c1C. The van der Waals surface area contributed by atoms with Gasteiger partial charge in [0.2, 0.25) is 11.6 Å². The monoisotopic (exact) mass is 486 g/mol. The lowest BCUT2D eigenvalue weighted by Gasteiger charge is -2.08. The van der Waals surface area contributed by atoms with E-state index >= 15 is 0 Å². The maximum absolute atomic E-state index is 13.7. The third-order valence-electron chi connectivity index (χ3n) is 4.30. The van der Waals surface area contributed by atoms with Gasteiger partial charge in [0.05, 0.1) is 17.6 Å². The molecule has 0 aliphatic rings. The molecule has 3 N–H and O–H groups in total. The first-order chi connectivity index (χ1) is 15.5. The Labute approximate surface area is 186 Å². The van der Waals surface area contributed by atoms with Gasteiger partial charge >= 0.3 is 5.97 Å². The standard InChI is InChI=1S/C20H14F4N2O6S/c1-7-12(20(29)30-2)19(33-16(7)17(25)27)26-18(28)11-4-3-8(32-11)6-31-15-13(23)9(21)5-10(22)14(15)24/h3-5H,6H2,1-2H3,(H2,25,27)(H,26,28). The lowest BCUT2D eigenvalue weighted by Crippen LogP contribution is -2.14. The van der Waals surface area contributed by atoms with Crippen molar-refractivity contribution < 1.29 is 45.8 Å². The summed E-state index contributed by atoms with van der Waals surface area (Å²) in [5.74, 6) is -10.9. The number of carbonyl (C=O) groups excluding carboxylic acids is 3. The second-order valence-electron chi connectivity index (χ2n) is 6.42. The van der Waals surface area contributed by atoms with Crippen molar-refractivity contribution in [2.24, 2.45) is 5.73 Å². The van der Waals surface area contributed by atoms with Gasteiger partial charge in [0, 0.05) is 6.07 Å². The molecule has 3 aromatic rings. The summed E-state index contributed by atoms with van der Waals surface area (Å²) in [5.41, 5.74) is 5.43. The maximum atomic E-state index is 13.7. The molecule has 0 fully saturated rings. The van der Waals surface area contributed by atoms with Gasteiger partial charge in [-0.2, -0.15) is 8.78 Å². The van der Waals surface area contributed by atoms with Gasteiger partial charge in [-0.15, -0.1) is 11.3 Å². The second-order valence-corrected chi connectivity index (χ2v) is 7.44. The van der Waals surface area contributed by atoms with Crippen LogP contribution in [0.4, 0.5) is 22.6 Å². The highest BCUT2D eigenvalue weighted by molar-refractivity contribution is 7.18. The Morgan fingerprint density at radius 3 is 2.33 bits per heavy atom. The minimum atomic E-state index is -1.73. The fourth-order valence-electron chi connectivity index (χ4n) is 2.75. The molecule has 8 nitrogen and oxygen atoms in total. The Kier molecular flexibility index (Phi) is 6.72. The van der Waals surface area contributed by atoms with E-state index in [9.17, 15) is 31.9 Å². The summed E-state index contributed by atoms with van der Waals surface area (Å²) in [5, 5.41) is 2.37. The quantitative estimate of drug-likeness (QED) is 0.297. The van der Waals surface area contributed by atoms with Crippen LogP contribution in [0.1, 0.15) is 41.9 Å². The minimum Gasteiger partial charge on any atom is -0.479 e. The minimum absolute atomic E-state index is 0.0215. The zero-order valence-electron chi connectivity index (χ0n) is 16.9. The number of nitrogens with two attached hydrogens (primary N) is 1. The maximum Gasteiger partial charge on any atom is 0.341 e. The summed E-state index contributed by atoms with van der Waals surface area (Å²) in [6, 6.07) is 2.43. The van der Waals surface area contributed by atoms with Gasteiger partial charge in [-0.25, -0.2) is 13.6 Å². The van der Waals surface area contributed by atoms with Crippen molar-refractivity contribution in [3.05, 3.63) is 69.0 Å². The fraction of sp³-hybridized carbons (Fsp3) is 0.150. The Balaban J connectivity index is 1.79. The van der Waals surface area contributed by atoms with Gasteiger partial charge in [0.15, 0.2) is 23.1 Å². The largest absolute Gasteiger partial charge is 0.479 e. The molecule has 3 rings (SSSR count). The number of amides is 2. The van der Waals surface area contributed by atoms with Crippen molar-refractivity contribution >= 4 is 34.1 Å². The molecule has 2 aromatic heterocycles. The Morgan fingerprint density at radius 1 is 1.12 bits per heavy atom. The van der Waals surface area contributed by atoms with E-state index in [2.05, 4.69) is 10.1 Å². The molecule has 0 aliphatic heterocycles. The summed E-state index contributed by atoms with van der Waals surface area (Å²) in [6.07, 6.45) is 0. The molecule has 13 heteroatoms. The number of thiophene rings is 1. The second kappa shape index (κ2) is 9.32. The van der Waals surface area contributed by atoms with E-state index in [1.807, 2.05) is 0 Å². The van der Waals surface area contributed by atoms with Crippen molar-refractivity contribution in [3.8, 4) is 5.75 Å². The molecule has 0 saturated heterocycles. The Hall–Kier alpha value is -3.87. The van der Waals surface area contributed by atoms with E-state index < -0.39 is 53.4 Å². The van der Waals surface area contributed by atoms with Gasteiger partial charge in [0.25, 0.3) is 11.8 Å². The van der Waals surface area contributed by atoms with E-state index in [1.54, 1.807) is 0 Å². The Bertz CT molecular complexity index is 1240. The number of hydrogen-bond acceptors (Lipinski definition) is 7. The van der Waals surface area contributed by atoms with Gasteiger partial charge in [-0.1, -0.05) is 0 Å². The van der Waals surface area contributed by atoms with Crippen LogP contribution in [0.5, 0.6) is 5.75 Å². The lowest BCUT2D eigenvalue weighted by molar-refractivity contribution is 0.0601. The average Bonchev–Trinajstić information content (AvgIpc) is 3.36. The molecule has 1 aromatic carbocycles. The van der Waals surface area contributed by atoms with Crippen LogP contribution < -0.4 is 15.8 Å².